The van der Waals surface area contributed by atoms with Crippen LogP contribution in [-0.2, 0) is 0 Å². The minimum Gasteiger partial charge on any atom is -0.309 e. The molecular formula is C76H46N4S2. The first-order valence-corrected chi connectivity index (χ1v) is 29.4. The Morgan fingerprint density at radius 3 is 1.30 bits per heavy atom. The highest BCUT2D eigenvalue weighted by molar-refractivity contribution is 7.26. The number of rotatable bonds is 8. The maximum absolute atomic E-state index is 5.69. The third-order valence-electron chi connectivity index (χ3n) is 16.6. The average Bonchev–Trinajstić information content (AvgIpc) is 3.64. The maximum Gasteiger partial charge on any atom is 0.235 e. The normalized spacial score (nSPS) is 11.9. The first kappa shape index (κ1) is 46.7. The number of aromatic nitrogens is 4. The molecule has 0 spiro atoms. The monoisotopic (exact) mass is 1080 g/mol. The van der Waals surface area contributed by atoms with Crippen LogP contribution in [0.3, 0.4) is 0 Å². The Bertz CT molecular complexity index is 5410. The van der Waals surface area contributed by atoms with Gasteiger partial charge in [0, 0.05) is 78.7 Å². The van der Waals surface area contributed by atoms with Gasteiger partial charge in [0.25, 0.3) is 0 Å². The van der Waals surface area contributed by atoms with Crippen molar-refractivity contribution in [3.63, 3.8) is 0 Å². The Labute approximate surface area is 480 Å². The highest BCUT2D eigenvalue weighted by Gasteiger charge is 2.22. The first-order chi connectivity index (χ1) is 40.6. The van der Waals surface area contributed by atoms with E-state index in [-0.39, 0.29) is 0 Å². The summed E-state index contributed by atoms with van der Waals surface area (Å²) in [5.41, 5.74) is 18.4. The Morgan fingerprint density at radius 2 is 0.683 bits per heavy atom. The van der Waals surface area contributed by atoms with Crippen molar-refractivity contribution < 1.29 is 0 Å². The van der Waals surface area contributed by atoms with Crippen molar-refractivity contribution in [3.8, 4) is 78.7 Å². The fourth-order valence-corrected chi connectivity index (χ4v) is 14.9. The Kier molecular flexibility index (Phi) is 10.6. The zero-order valence-electron chi connectivity index (χ0n) is 44.2. The molecule has 12 aromatic carbocycles. The molecule has 0 amide bonds. The van der Waals surface area contributed by atoms with Crippen LogP contribution in [0, 0.1) is 0 Å². The largest absolute Gasteiger partial charge is 0.309 e. The summed E-state index contributed by atoms with van der Waals surface area (Å²) in [6.07, 6.45) is 0. The molecule has 0 saturated carbocycles. The molecule has 5 aromatic heterocycles. The number of hydrogen-bond donors (Lipinski definition) is 0. The van der Waals surface area contributed by atoms with Gasteiger partial charge in [-0.15, -0.1) is 22.7 Å². The Hall–Kier alpha value is -10.2. The first-order valence-electron chi connectivity index (χ1n) is 27.8. The van der Waals surface area contributed by atoms with Crippen molar-refractivity contribution in [2.45, 2.75) is 0 Å². The number of benzene rings is 12. The second kappa shape index (κ2) is 18.7. The minimum absolute atomic E-state index is 0.602. The van der Waals surface area contributed by atoms with E-state index in [1.165, 1.54) is 73.4 Å². The molecule has 17 rings (SSSR count). The SMILES string of the molecule is c1ccc(-c2cccc(-c3cc(-c4cccc(-n5c6ccccc6c6cc(-c7ccc8sc9ccccc9c8c7)ccc65)c4)nc(-n4c5ccccc5c5cc(-c6ccc7sc8ccccc8c7c6)ccc54)n3)c2-c2ccccc2)cc1. The van der Waals surface area contributed by atoms with E-state index in [4.69, 9.17) is 9.97 Å². The number of thiophene rings is 2. The predicted octanol–water partition coefficient (Wildman–Crippen LogP) is 21.4. The van der Waals surface area contributed by atoms with E-state index in [0.717, 1.165) is 83.3 Å². The van der Waals surface area contributed by atoms with Crippen LogP contribution >= 0.6 is 22.7 Å². The summed E-state index contributed by atoms with van der Waals surface area (Å²) in [6, 6.07) is 102. The lowest BCUT2D eigenvalue weighted by atomic mass is 9.89. The highest BCUT2D eigenvalue weighted by atomic mass is 32.1. The topological polar surface area (TPSA) is 35.6 Å². The van der Waals surface area contributed by atoms with Crippen molar-refractivity contribution >= 4 is 107 Å². The quantitative estimate of drug-likeness (QED) is 0.152. The van der Waals surface area contributed by atoms with Gasteiger partial charge in [0.1, 0.15) is 0 Å². The number of fused-ring (bicyclic) bond motifs is 12. The van der Waals surface area contributed by atoms with Gasteiger partial charge in [-0.1, -0.05) is 188 Å². The van der Waals surface area contributed by atoms with Crippen molar-refractivity contribution in [2.24, 2.45) is 0 Å². The molecule has 0 radical (unpaired) electrons. The molecule has 0 saturated heterocycles. The Morgan fingerprint density at radius 1 is 0.244 bits per heavy atom. The molecule has 0 bridgehead atoms. The van der Waals surface area contributed by atoms with Gasteiger partial charge < -0.3 is 4.57 Å². The standard InChI is InChI=1S/C76H46N4S2/c1-3-17-47(18-4-1)55-27-16-28-60(75(55)48-19-5-2-6-20-48)66-46-65(77-76(78-66)80-68-30-12-8-24-57(68)62-43-50(34-38-70(62)80)52-36-40-74-64(45-52)59-26-10-14-32-72(59)82-74)53-21-15-22-54(41-53)79-67-29-11-7-23-56(67)61-42-49(33-37-69(61)79)51-35-39-73-63(44-51)58-25-9-13-31-71(58)81-73/h1-46H. The van der Waals surface area contributed by atoms with E-state index < -0.39 is 0 Å². The van der Waals surface area contributed by atoms with E-state index in [0.29, 0.717) is 5.95 Å². The average molecular weight is 1080 g/mol. The molecule has 0 unspecified atom stereocenters. The highest BCUT2D eigenvalue weighted by Crippen LogP contribution is 2.44. The van der Waals surface area contributed by atoms with Crippen LogP contribution < -0.4 is 0 Å². The Balaban J connectivity index is 0.861. The van der Waals surface area contributed by atoms with Gasteiger partial charge in [-0.3, -0.25) is 4.57 Å². The minimum atomic E-state index is 0.602. The molecular weight excluding hydrogens is 1030 g/mol. The van der Waals surface area contributed by atoms with Crippen LogP contribution in [0.5, 0.6) is 0 Å². The zero-order valence-corrected chi connectivity index (χ0v) is 45.8. The molecule has 0 aliphatic heterocycles. The zero-order chi connectivity index (χ0) is 53.8. The summed E-state index contributed by atoms with van der Waals surface area (Å²) >= 11 is 3.71. The molecule has 0 atom stereocenters. The fraction of sp³-hybridized carbons (Fsp3) is 0. The summed E-state index contributed by atoms with van der Waals surface area (Å²) in [5.74, 6) is 0.602. The number of nitrogens with zero attached hydrogens (tertiary/aromatic N) is 4. The van der Waals surface area contributed by atoms with E-state index in [2.05, 4.69) is 288 Å². The molecule has 82 heavy (non-hydrogen) atoms. The fourth-order valence-electron chi connectivity index (χ4n) is 12.8. The molecule has 0 N–H and O–H groups in total. The smallest absolute Gasteiger partial charge is 0.235 e. The summed E-state index contributed by atoms with van der Waals surface area (Å²) < 4.78 is 9.92. The van der Waals surface area contributed by atoms with Gasteiger partial charge >= 0.3 is 0 Å². The van der Waals surface area contributed by atoms with Crippen molar-refractivity contribution in [1.82, 2.24) is 19.1 Å². The van der Waals surface area contributed by atoms with Gasteiger partial charge in [-0.25, -0.2) is 9.97 Å². The van der Waals surface area contributed by atoms with E-state index in [1.807, 2.05) is 22.7 Å². The van der Waals surface area contributed by atoms with Crippen LogP contribution in [0.15, 0.2) is 279 Å². The van der Waals surface area contributed by atoms with E-state index in [1.54, 1.807) is 0 Å². The van der Waals surface area contributed by atoms with Gasteiger partial charge in [0.15, 0.2) is 0 Å². The van der Waals surface area contributed by atoms with Crippen LogP contribution in [0.1, 0.15) is 0 Å². The molecule has 4 nitrogen and oxygen atoms in total. The molecule has 0 aliphatic carbocycles. The number of para-hydroxylation sites is 2. The summed E-state index contributed by atoms with van der Waals surface area (Å²) in [5, 5.41) is 9.91. The van der Waals surface area contributed by atoms with Crippen LogP contribution in [0.4, 0.5) is 0 Å². The lowest BCUT2D eigenvalue weighted by Crippen LogP contribution is -2.05. The van der Waals surface area contributed by atoms with Gasteiger partial charge in [-0.2, -0.15) is 0 Å². The molecule has 17 aromatic rings. The van der Waals surface area contributed by atoms with Crippen molar-refractivity contribution in [3.05, 3.63) is 279 Å². The van der Waals surface area contributed by atoms with E-state index >= 15 is 0 Å². The molecule has 6 heteroatoms. The molecule has 0 fully saturated rings. The maximum atomic E-state index is 5.69. The van der Waals surface area contributed by atoms with Crippen molar-refractivity contribution in [2.75, 3.05) is 0 Å². The predicted molar refractivity (Wildman–Crippen MR) is 349 cm³/mol. The van der Waals surface area contributed by atoms with Crippen molar-refractivity contribution in [1.29, 1.82) is 0 Å². The second-order valence-corrected chi connectivity index (χ2v) is 23.4. The third kappa shape index (κ3) is 7.50. The van der Waals surface area contributed by atoms with Gasteiger partial charge in [-0.05, 0) is 136 Å². The van der Waals surface area contributed by atoms with Crippen LogP contribution in [0.2, 0.25) is 0 Å². The molecule has 382 valence electrons. The van der Waals surface area contributed by atoms with E-state index in [9.17, 15) is 0 Å². The number of hydrogen-bond acceptors (Lipinski definition) is 4. The molecule has 5 heterocycles. The lowest BCUT2D eigenvalue weighted by molar-refractivity contribution is 0.995. The summed E-state index contributed by atoms with van der Waals surface area (Å²) in [6.45, 7) is 0. The lowest BCUT2D eigenvalue weighted by Gasteiger charge is -2.18. The third-order valence-corrected chi connectivity index (χ3v) is 18.9. The summed E-state index contributed by atoms with van der Waals surface area (Å²) in [7, 11) is 0. The van der Waals surface area contributed by atoms with Gasteiger partial charge in [0.05, 0.1) is 33.5 Å². The molecule has 0 aliphatic rings. The second-order valence-electron chi connectivity index (χ2n) is 21.2. The summed E-state index contributed by atoms with van der Waals surface area (Å²) in [4.78, 5) is 11.4. The van der Waals surface area contributed by atoms with Gasteiger partial charge in [0.2, 0.25) is 5.95 Å². The van der Waals surface area contributed by atoms with Crippen LogP contribution in [0.25, 0.3) is 163 Å². The van der Waals surface area contributed by atoms with Crippen LogP contribution in [-0.4, -0.2) is 19.1 Å².